The quantitative estimate of drug-likeness (QED) is 0.786. The Labute approximate surface area is 124 Å². The number of methoxy groups -OCH3 is 1. The Morgan fingerprint density at radius 2 is 2.05 bits per heavy atom. The summed E-state index contributed by atoms with van der Waals surface area (Å²) in [7, 11) is 1.32. The van der Waals surface area contributed by atoms with Crippen LogP contribution in [0.25, 0.3) is 0 Å². The topological polar surface area (TPSA) is 55.4 Å². The summed E-state index contributed by atoms with van der Waals surface area (Å²) in [6.45, 7) is 2.02. The van der Waals surface area contributed by atoms with Gasteiger partial charge in [-0.1, -0.05) is 43.1 Å². The van der Waals surface area contributed by atoms with Crippen molar-refractivity contribution < 1.29 is 14.3 Å². The largest absolute Gasteiger partial charge is 0.469 e. The van der Waals surface area contributed by atoms with E-state index in [1.165, 1.54) is 7.11 Å². The van der Waals surface area contributed by atoms with E-state index in [0.29, 0.717) is 11.4 Å². The van der Waals surface area contributed by atoms with Crippen LogP contribution in [-0.4, -0.2) is 19.0 Å². The van der Waals surface area contributed by atoms with Gasteiger partial charge in [-0.05, 0) is 18.1 Å². The highest BCUT2D eigenvalue weighted by atomic mass is 35.5. The Bertz CT molecular complexity index is 462. The van der Waals surface area contributed by atoms with Gasteiger partial charge in [-0.15, -0.1) is 0 Å². The Balaban J connectivity index is 2.83. The molecule has 5 heteroatoms. The standard InChI is InChI=1S/C15H20ClNO3/c1-3-4-9-14(18)17-13(10-15(19)20-2)11-7-5-6-8-12(11)16/h5-8,13H,3-4,9-10H2,1-2H3,(H,17,18). The predicted octanol–water partition coefficient (Wildman–Crippen LogP) is 3.25. The minimum atomic E-state index is -0.458. The van der Waals surface area contributed by atoms with Gasteiger partial charge in [-0.2, -0.15) is 0 Å². The number of carbonyl (C=O) groups is 2. The highest BCUT2D eigenvalue weighted by Gasteiger charge is 2.20. The number of benzene rings is 1. The van der Waals surface area contributed by atoms with Gasteiger partial charge in [-0.3, -0.25) is 9.59 Å². The number of ether oxygens (including phenoxy) is 1. The maximum absolute atomic E-state index is 11.9. The van der Waals surface area contributed by atoms with Gasteiger partial charge in [0, 0.05) is 11.4 Å². The summed E-state index contributed by atoms with van der Waals surface area (Å²) in [5.74, 6) is -0.466. The van der Waals surface area contributed by atoms with Crippen LogP contribution in [0.4, 0.5) is 0 Å². The normalized spacial score (nSPS) is 11.8. The molecule has 1 aromatic carbocycles. The number of amides is 1. The van der Waals surface area contributed by atoms with Crippen molar-refractivity contribution >= 4 is 23.5 Å². The molecule has 0 spiro atoms. The lowest BCUT2D eigenvalue weighted by Crippen LogP contribution is -2.30. The van der Waals surface area contributed by atoms with Crippen LogP contribution < -0.4 is 5.32 Å². The van der Waals surface area contributed by atoms with Crippen LogP contribution >= 0.6 is 11.6 Å². The SMILES string of the molecule is CCCCC(=O)NC(CC(=O)OC)c1ccccc1Cl. The number of hydrogen-bond donors (Lipinski definition) is 1. The molecule has 0 aliphatic rings. The molecule has 20 heavy (non-hydrogen) atoms. The lowest BCUT2D eigenvalue weighted by atomic mass is 10.0. The second-order valence-electron chi connectivity index (χ2n) is 4.53. The first kappa shape index (κ1) is 16.5. The molecule has 0 radical (unpaired) electrons. The third kappa shape index (κ3) is 5.21. The zero-order valence-electron chi connectivity index (χ0n) is 11.8. The molecule has 1 amide bonds. The van der Waals surface area contributed by atoms with E-state index in [-0.39, 0.29) is 18.3 Å². The van der Waals surface area contributed by atoms with Crippen LogP contribution in [0.3, 0.4) is 0 Å². The average Bonchev–Trinajstić information content (AvgIpc) is 2.44. The number of esters is 1. The molecule has 0 aliphatic heterocycles. The molecule has 1 aromatic rings. The summed E-state index contributed by atoms with van der Waals surface area (Å²) in [5, 5.41) is 3.38. The van der Waals surface area contributed by atoms with Crippen LogP contribution in [-0.2, 0) is 14.3 Å². The summed E-state index contributed by atoms with van der Waals surface area (Å²) >= 11 is 6.13. The maximum Gasteiger partial charge on any atom is 0.307 e. The van der Waals surface area contributed by atoms with Gasteiger partial charge in [0.1, 0.15) is 0 Å². The minimum Gasteiger partial charge on any atom is -0.469 e. The van der Waals surface area contributed by atoms with Gasteiger partial charge in [0.15, 0.2) is 0 Å². The maximum atomic E-state index is 11.9. The van der Waals surface area contributed by atoms with Crippen molar-refractivity contribution in [3.8, 4) is 0 Å². The van der Waals surface area contributed by atoms with Crippen molar-refractivity contribution in [2.75, 3.05) is 7.11 Å². The number of nitrogens with one attached hydrogen (secondary N) is 1. The number of unbranched alkanes of at least 4 members (excludes halogenated alkanes) is 1. The van der Waals surface area contributed by atoms with Gasteiger partial charge in [0.2, 0.25) is 5.91 Å². The molecular formula is C15H20ClNO3. The number of carbonyl (C=O) groups excluding carboxylic acids is 2. The molecule has 0 aromatic heterocycles. The lowest BCUT2D eigenvalue weighted by molar-refractivity contribution is -0.141. The molecule has 0 saturated heterocycles. The predicted molar refractivity (Wildman–Crippen MR) is 78.5 cm³/mol. The van der Waals surface area contributed by atoms with E-state index in [9.17, 15) is 9.59 Å². The summed E-state index contributed by atoms with van der Waals surface area (Å²) in [6.07, 6.45) is 2.28. The monoisotopic (exact) mass is 297 g/mol. The Morgan fingerprint density at radius 3 is 2.65 bits per heavy atom. The molecule has 0 bridgehead atoms. The average molecular weight is 298 g/mol. The van der Waals surface area contributed by atoms with Gasteiger partial charge < -0.3 is 10.1 Å². The molecule has 4 nitrogen and oxygen atoms in total. The molecular weight excluding hydrogens is 278 g/mol. The summed E-state index contributed by atoms with van der Waals surface area (Å²) in [4.78, 5) is 23.3. The van der Waals surface area contributed by atoms with E-state index >= 15 is 0 Å². The van der Waals surface area contributed by atoms with E-state index in [2.05, 4.69) is 10.1 Å². The molecule has 1 unspecified atom stereocenters. The van der Waals surface area contributed by atoms with Crippen molar-refractivity contribution in [2.24, 2.45) is 0 Å². The summed E-state index contributed by atoms with van der Waals surface area (Å²) in [6, 6.07) is 6.71. The fraction of sp³-hybridized carbons (Fsp3) is 0.467. The van der Waals surface area contributed by atoms with Crippen LogP contribution in [0.2, 0.25) is 5.02 Å². The first-order chi connectivity index (χ1) is 9.58. The summed E-state index contributed by atoms with van der Waals surface area (Å²) < 4.78 is 4.67. The van der Waals surface area contributed by atoms with Crippen molar-refractivity contribution in [2.45, 2.75) is 38.6 Å². The minimum absolute atomic E-state index is 0.0676. The Kier molecular flexibility index (Phi) is 7.09. The lowest BCUT2D eigenvalue weighted by Gasteiger charge is -2.19. The Morgan fingerprint density at radius 1 is 1.35 bits per heavy atom. The molecule has 0 heterocycles. The first-order valence-corrected chi connectivity index (χ1v) is 7.06. The Hall–Kier alpha value is -1.55. The van der Waals surface area contributed by atoms with Crippen LogP contribution in [0.15, 0.2) is 24.3 Å². The van der Waals surface area contributed by atoms with E-state index < -0.39 is 6.04 Å². The highest BCUT2D eigenvalue weighted by molar-refractivity contribution is 6.31. The molecule has 1 N–H and O–H groups in total. The first-order valence-electron chi connectivity index (χ1n) is 6.69. The van der Waals surface area contributed by atoms with Crippen LogP contribution in [0, 0.1) is 0 Å². The van der Waals surface area contributed by atoms with Crippen molar-refractivity contribution in [3.63, 3.8) is 0 Å². The van der Waals surface area contributed by atoms with Crippen molar-refractivity contribution in [1.29, 1.82) is 0 Å². The number of rotatable bonds is 7. The molecule has 0 aliphatic carbocycles. The second-order valence-corrected chi connectivity index (χ2v) is 4.93. The van der Waals surface area contributed by atoms with E-state index in [1.54, 1.807) is 18.2 Å². The van der Waals surface area contributed by atoms with E-state index in [1.807, 2.05) is 13.0 Å². The van der Waals surface area contributed by atoms with Gasteiger partial charge in [-0.25, -0.2) is 0 Å². The zero-order chi connectivity index (χ0) is 15.0. The molecule has 1 rings (SSSR count). The van der Waals surface area contributed by atoms with E-state index in [4.69, 9.17) is 11.6 Å². The second kappa shape index (κ2) is 8.59. The zero-order valence-corrected chi connectivity index (χ0v) is 12.6. The fourth-order valence-electron chi connectivity index (χ4n) is 1.85. The van der Waals surface area contributed by atoms with Crippen LogP contribution in [0.5, 0.6) is 0 Å². The smallest absolute Gasteiger partial charge is 0.307 e. The highest BCUT2D eigenvalue weighted by Crippen LogP contribution is 2.25. The third-order valence-electron chi connectivity index (χ3n) is 2.97. The van der Waals surface area contributed by atoms with Crippen LogP contribution in [0.1, 0.15) is 44.2 Å². The fourth-order valence-corrected chi connectivity index (χ4v) is 2.12. The molecule has 0 saturated carbocycles. The number of halogens is 1. The van der Waals surface area contributed by atoms with Gasteiger partial charge >= 0.3 is 5.97 Å². The molecule has 1 atom stereocenters. The van der Waals surface area contributed by atoms with Gasteiger partial charge in [0.05, 0.1) is 19.6 Å². The van der Waals surface area contributed by atoms with Crippen molar-refractivity contribution in [1.82, 2.24) is 5.32 Å². The number of hydrogen-bond acceptors (Lipinski definition) is 3. The van der Waals surface area contributed by atoms with Crippen molar-refractivity contribution in [3.05, 3.63) is 34.9 Å². The third-order valence-corrected chi connectivity index (χ3v) is 3.32. The summed E-state index contributed by atoms with van der Waals surface area (Å²) in [5.41, 5.74) is 0.726. The molecule has 0 fully saturated rings. The van der Waals surface area contributed by atoms with E-state index in [0.717, 1.165) is 18.4 Å². The molecule has 110 valence electrons. The van der Waals surface area contributed by atoms with Gasteiger partial charge in [0.25, 0.3) is 0 Å².